The largest absolute Gasteiger partial charge is 0.497 e. The van der Waals surface area contributed by atoms with Crippen molar-refractivity contribution in [2.75, 3.05) is 47.5 Å². The number of nitrogens with zero attached hydrogens (tertiary/aromatic N) is 2. The Labute approximate surface area is 181 Å². The lowest BCUT2D eigenvalue weighted by atomic mass is 10.1. The predicted octanol–water partition coefficient (Wildman–Crippen LogP) is 3.35. The highest BCUT2D eigenvalue weighted by Gasteiger charge is 2.26. The van der Waals surface area contributed by atoms with Crippen LogP contribution in [0.4, 0.5) is 0 Å². The van der Waals surface area contributed by atoms with E-state index in [1.165, 1.54) is 7.11 Å². The van der Waals surface area contributed by atoms with Gasteiger partial charge in [0.15, 0.2) is 0 Å². The molecular weight excluding hydrogens is 408 g/mol. The van der Waals surface area contributed by atoms with Crippen LogP contribution >= 0.6 is 11.6 Å². The minimum atomic E-state index is -0.160. The first kappa shape index (κ1) is 21.8. The number of carbonyl (C=O) groups excluding carboxylic acids is 2. The molecule has 1 heterocycles. The second-order valence-corrected chi connectivity index (χ2v) is 7.32. The maximum atomic E-state index is 13.1. The molecule has 1 saturated heterocycles. The van der Waals surface area contributed by atoms with Crippen molar-refractivity contribution in [3.05, 3.63) is 52.5 Å². The van der Waals surface area contributed by atoms with Gasteiger partial charge >= 0.3 is 0 Å². The van der Waals surface area contributed by atoms with Gasteiger partial charge in [0.05, 0.1) is 26.9 Å². The number of benzene rings is 2. The van der Waals surface area contributed by atoms with Gasteiger partial charge in [-0.1, -0.05) is 11.6 Å². The summed E-state index contributed by atoms with van der Waals surface area (Å²) in [5.41, 5.74) is 0.907. The van der Waals surface area contributed by atoms with Gasteiger partial charge in [0.1, 0.15) is 17.2 Å². The fourth-order valence-electron chi connectivity index (χ4n) is 3.45. The SMILES string of the molecule is COc1cc(OC)cc(C(=O)N2CCCN(C(=O)c3cc(Cl)ccc3OC)CC2)c1. The second-order valence-electron chi connectivity index (χ2n) is 6.88. The molecule has 2 aromatic rings. The molecule has 0 atom stereocenters. The molecule has 0 N–H and O–H groups in total. The smallest absolute Gasteiger partial charge is 0.257 e. The molecule has 2 amide bonds. The number of hydrogen-bond acceptors (Lipinski definition) is 5. The number of amides is 2. The van der Waals surface area contributed by atoms with E-state index in [0.29, 0.717) is 66.0 Å². The molecule has 8 heteroatoms. The maximum absolute atomic E-state index is 13.1. The first-order chi connectivity index (χ1) is 14.5. The number of rotatable bonds is 5. The van der Waals surface area contributed by atoms with E-state index in [1.807, 2.05) is 0 Å². The third kappa shape index (κ3) is 4.79. The summed E-state index contributed by atoms with van der Waals surface area (Å²) in [6.45, 7) is 1.93. The fraction of sp³-hybridized carbons (Fsp3) is 0.364. The first-order valence-electron chi connectivity index (χ1n) is 9.62. The summed E-state index contributed by atoms with van der Waals surface area (Å²) in [5, 5.41) is 0.470. The molecule has 0 spiro atoms. The number of hydrogen-bond donors (Lipinski definition) is 0. The molecule has 30 heavy (non-hydrogen) atoms. The summed E-state index contributed by atoms with van der Waals surface area (Å²) in [4.78, 5) is 29.6. The summed E-state index contributed by atoms with van der Waals surface area (Å²) < 4.78 is 15.8. The highest BCUT2D eigenvalue weighted by Crippen LogP contribution is 2.26. The number of ether oxygens (including phenoxy) is 3. The Kier molecular flexibility index (Phi) is 7.05. The van der Waals surface area contributed by atoms with Gasteiger partial charge in [0.25, 0.3) is 11.8 Å². The molecule has 0 saturated carbocycles. The number of carbonyl (C=O) groups is 2. The Hall–Kier alpha value is -2.93. The van der Waals surface area contributed by atoms with E-state index in [0.717, 1.165) is 0 Å². The number of halogens is 1. The summed E-state index contributed by atoms with van der Waals surface area (Å²) in [7, 11) is 4.61. The zero-order chi connectivity index (χ0) is 21.7. The van der Waals surface area contributed by atoms with Gasteiger partial charge < -0.3 is 24.0 Å². The quantitative estimate of drug-likeness (QED) is 0.724. The molecule has 0 aromatic heterocycles. The lowest BCUT2D eigenvalue weighted by molar-refractivity contribution is 0.0716. The molecular formula is C22H25ClN2O5. The van der Waals surface area contributed by atoms with Gasteiger partial charge in [-0.2, -0.15) is 0 Å². The topological polar surface area (TPSA) is 68.3 Å². The van der Waals surface area contributed by atoms with E-state index >= 15 is 0 Å². The van der Waals surface area contributed by atoms with Gasteiger partial charge in [-0.05, 0) is 36.8 Å². The van der Waals surface area contributed by atoms with Crippen molar-refractivity contribution >= 4 is 23.4 Å². The van der Waals surface area contributed by atoms with Gasteiger partial charge in [0, 0.05) is 42.8 Å². The molecule has 0 radical (unpaired) electrons. The third-order valence-corrected chi connectivity index (χ3v) is 5.30. The van der Waals surface area contributed by atoms with Gasteiger partial charge in [0.2, 0.25) is 0 Å². The van der Waals surface area contributed by atoms with Crippen LogP contribution in [-0.4, -0.2) is 69.1 Å². The second kappa shape index (κ2) is 9.71. The lowest BCUT2D eigenvalue weighted by Gasteiger charge is -2.23. The van der Waals surface area contributed by atoms with Crippen LogP contribution in [0.2, 0.25) is 5.02 Å². The molecule has 3 rings (SSSR count). The predicted molar refractivity (Wildman–Crippen MR) is 114 cm³/mol. The Balaban J connectivity index is 1.74. The van der Waals surface area contributed by atoms with Crippen molar-refractivity contribution in [2.45, 2.75) is 6.42 Å². The number of methoxy groups -OCH3 is 3. The van der Waals surface area contributed by atoms with Crippen LogP contribution in [-0.2, 0) is 0 Å². The summed E-state index contributed by atoms with van der Waals surface area (Å²) in [6.07, 6.45) is 0.668. The van der Waals surface area contributed by atoms with E-state index in [1.54, 1.807) is 60.4 Å². The monoisotopic (exact) mass is 432 g/mol. The molecule has 1 aliphatic rings. The van der Waals surface area contributed by atoms with Crippen LogP contribution in [0.25, 0.3) is 0 Å². The van der Waals surface area contributed by atoms with Gasteiger partial charge in [-0.15, -0.1) is 0 Å². The molecule has 0 aliphatic carbocycles. The average Bonchev–Trinajstić information content (AvgIpc) is 3.03. The lowest BCUT2D eigenvalue weighted by Crippen LogP contribution is -2.37. The van der Waals surface area contributed by atoms with Crippen molar-refractivity contribution in [3.8, 4) is 17.2 Å². The molecule has 0 bridgehead atoms. The third-order valence-electron chi connectivity index (χ3n) is 5.06. The fourth-order valence-corrected chi connectivity index (χ4v) is 3.63. The van der Waals surface area contributed by atoms with Crippen molar-refractivity contribution in [3.63, 3.8) is 0 Å². The highest BCUT2D eigenvalue weighted by molar-refractivity contribution is 6.31. The summed E-state index contributed by atoms with van der Waals surface area (Å²) in [6, 6.07) is 10.1. The zero-order valence-electron chi connectivity index (χ0n) is 17.3. The molecule has 1 aliphatic heterocycles. The van der Waals surface area contributed by atoms with Crippen LogP contribution in [0, 0.1) is 0 Å². The van der Waals surface area contributed by atoms with Gasteiger partial charge in [-0.25, -0.2) is 0 Å². The van der Waals surface area contributed by atoms with Crippen LogP contribution in [0.15, 0.2) is 36.4 Å². The van der Waals surface area contributed by atoms with E-state index in [2.05, 4.69) is 0 Å². The van der Waals surface area contributed by atoms with Crippen LogP contribution in [0.5, 0.6) is 17.2 Å². The van der Waals surface area contributed by atoms with Crippen LogP contribution < -0.4 is 14.2 Å². The average molecular weight is 433 g/mol. The Morgan fingerprint density at radius 2 is 1.40 bits per heavy atom. The van der Waals surface area contributed by atoms with E-state index in [-0.39, 0.29) is 11.8 Å². The summed E-state index contributed by atoms with van der Waals surface area (Å²) >= 11 is 6.07. The van der Waals surface area contributed by atoms with E-state index in [9.17, 15) is 9.59 Å². The minimum absolute atomic E-state index is 0.123. The van der Waals surface area contributed by atoms with Gasteiger partial charge in [-0.3, -0.25) is 9.59 Å². The molecule has 1 fully saturated rings. The van der Waals surface area contributed by atoms with E-state index in [4.69, 9.17) is 25.8 Å². The maximum Gasteiger partial charge on any atom is 0.257 e. The standard InChI is InChI=1S/C22H25ClN2O5/c1-28-17-11-15(12-18(14-17)29-2)21(26)24-7-4-8-25(10-9-24)22(27)19-13-16(23)5-6-20(19)30-3/h5-6,11-14H,4,7-10H2,1-3H3. The highest BCUT2D eigenvalue weighted by atomic mass is 35.5. The van der Waals surface area contributed by atoms with Crippen LogP contribution in [0.3, 0.4) is 0 Å². The Bertz CT molecular complexity index is 911. The zero-order valence-corrected chi connectivity index (χ0v) is 18.1. The molecule has 2 aromatic carbocycles. The molecule has 160 valence electrons. The van der Waals surface area contributed by atoms with Crippen molar-refractivity contribution in [1.82, 2.24) is 9.80 Å². The molecule has 7 nitrogen and oxygen atoms in total. The Morgan fingerprint density at radius 1 is 0.800 bits per heavy atom. The minimum Gasteiger partial charge on any atom is -0.497 e. The van der Waals surface area contributed by atoms with Crippen molar-refractivity contribution in [1.29, 1.82) is 0 Å². The molecule has 0 unspecified atom stereocenters. The van der Waals surface area contributed by atoms with Crippen molar-refractivity contribution in [2.24, 2.45) is 0 Å². The first-order valence-corrected chi connectivity index (χ1v) is 9.99. The summed E-state index contributed by atoms with van der Waals surface area (Å²) in [5.74, 6) is 1.30. The van der Waals surface area contributed by atoms with E-state index < -0.39 is 0 Å². The van der Waals surface area contributed by atoms with Crippen LogP contribution in [0.1, 0.15) is 27.1 Å². The Morgan fingerprint density at radius 3 is 1.97 bits per heavy atom. The van der Waals surface area contributed by atoms with Crippen molar-refractivity contribution < 1.29 is 23.8 Å². The normalized spacial score (nSPS) is 14.1.